The highest BCUT2D eigenvalue weighted by molar-refractivity contribution is 5.97. The van der Waals surface area contributed by atoms with E-state index in [0.29, 0.717) is 29.6 Å². The minimum absolute atomic E-state index is 0.0490. The number of hydrogen-bond acceptors (Lipinski definition) is 4. The Morgan fingerprint density at radius 2 is 2.07 bits per heavy atom. The van der Waals surface area contributed by atoms with Crippen molar-refractivity contribution in [3.8, 4) is 0 Å². The number of fused-ring (bicyclic) bond motifs is 1. The number of nitrogens with zero attached hydrogens (tertiary/aromatic N) is 2. The number of likely N-dealkylation sites (tertiary alicyclic amines) is 1. The normalized spacial score (nSPS) is 17.2. The molecule has 1 amide bonds. The zero-order chi connectivity index (χ0) is 19.3. The van der Waals surface area contributed by atoms with Crippen molar-refractivity contribution in [1.29, 1.82) is 0 Å². The second-order valence-electron chi connectivity index (χ2n) is 7.41. The van der Waals surface area contributed by atoms with E-state index < -0.39 is 0 Å². The molecule has 1 atom stereocenters. The van der Waals surface area contributed by atoms with Crippen molar-refractivity contribution in [2.75, 3.05) is 19.6 Å². The number of carbonyl (C=O) groups excluding carboxylic acids is 1. The molecular formula is C23H27N3O2. The highest BCUT2D eigenvalue weighted by Crippen LogP contribution is 2.19. The summed E-state index contributed by atoms with van der Waals surface area (Å²) in [4.78, 5) is 19.5. The second-order valence-corrected chi connectivity index (χ2v) is 7.41. The Labute approximate surface area is 165 Å². The third-order valence-electron chi connectivity index (χ3n) is 5.57. The molecule has 5 heteroatoms. The summed E-state index contributed by atoms with van der Waals surface area (Å²) in [5, 5.41) is 3.08. The van der Waals surface area contributed by atoms with Gasteiger partial charge in [-0.1, -0.05) is 37.3 Å². The van der Waals surface area contributed by atoms with Crippen molar-refractivity contribution >= 4 is 17.0 Å². The van der Waals surface area contributed by atoms with Crippen LogP contribution in [-0.2, 0) is 12.8 Å². The first-order valence-electron chi connectivity index (χ1n) is 10.2. The van der Waals surface area contributed by atoms with Gasteiger partial charge in [-0.15, -0.1) is 0 Å². The standard InChI is InChI=1S/C23H27N3O2/c1-2-26-14-6-9-19(26)16-24-23(27)18-11-12-20-21(15-18)28-22(25-20)13-10-17-7-4-3-5-8-17/h3-5,7-8,11-12,15,19H,2,6,9-10,13-14,16H2,1H3,(H,24,27)/t19-/m1/s1. The van der Waals surface area contributed by atoms with E-state index in [2.05, 4.69) is 34.3 Å². The summed E-state index contributed by atoms with van der Waals surface area (Å²) in [6.45, 7) is 5.04. The maximum absolute atomic E-state index is 12.6. The molecule has 146 valence electrons. The number of benzene rings is 2. The summed E-state index contributed by atoms with van der Waals surface area (Å²) in [7, 11) is 0. The van der Waals surface area contributed by atoms with Gasteiger partial charge >= 0.3 is 0 Å². The van der Waals surface area contributed by atoms with Crippen molar-refractivity contribution < 1.29 is 9.21 Å². The largest absolute Gasteiger partial charge is 0.441 e. The van der Waals surface area contributed by atoms with Crippen molar-refractivity contribution in [2.45, 2.75) is 38.6 Å². The Balaban J connectivity index is 1.39. The third kappa shape index (κ3) is 4.25. The Morgan fingerprint density at radius 1 is 1.21 bits per heavy atom. The predicted molar refractivity (Wildman–Crippen MR) is 110 cm³/mol. The van der Waals surface area contributed by atoms with Crippen LogP contribution >= 0.6 is 0 Å². The van der Waals surface area contributed by atoms with Gasteiger partial charge in [0.2, 0.25) is 0 Å². The molecular weight excluding hydrogens is 350 g/mol. The number of rotatable bonds is 7. The highest BCUT2D eigenvalue weighted by atomic mass is 16.3. The molecule has 1 aliphatic heterocycles. The Morgan fingerprint density at radius 3 is 2.89 bits per heavy atom. The average molecular weight is 377 g/mol. The number of aromatic nitrogens is 1. The number of carbonyl (C=O) groups is 1. The number of oxazole rings is 1. The molecule has 2 heterocycles. The summed E-state index contributed by atoms with van der Waals surface area (Å²) in [6, 6.07) is 16.3. The Bertz CT molecular complexity index is 935. The number of amides is 1. The average Bonchev–Trinajstić information content (AvgIpc) is 3.36. The van der Waals surface area contributed by atoms with Gasteiger partial charge in [0.05, 0.1) is 0 Å². The zero-order valence-corrected chi connectivity index (χ0v) is 16.4. The van der Waals surface area contributed by atoms with Gasteiger partial charge in [0.15, 0.2) is 11.5 Å². The fourth-order valence-electron chi connectivity index (χ4n) is 3.97. The van der Waals surface area contributed by atoms with Crippen molar-refractivity contribution in [1.82, 2.24) is 15.2 Å². The van der Waals surface area contributed by atoms with Gasteiger partial charge in [-0.2, -0.15) is 0 Å². The lowest BCUT2D eigenvalue weighted by Crippen LogP contribution is -2.40. The molecule has 1 saturated heterocycles. The zero-order valence-electron chi connectivity index (χ0n) is 16.4. The Hall–Kier alpha value is -2.66. The van der Waals surface area contributed by atoms with E-state index in [1.165, 1.54) is 12.0 Å². The van der Waals surface area contributed by atoms with E-state index >= 15 is 0 Å². The lowest BCUT2D eigenvalue weighted by atomic mass is 10.1. The SMILES string of the molecule is CCN1CCC[C@@H]1CNC(=O)c1ccc2nc(CCc3ccccc3)oc2c1. The fraction of sp³-hybridized carbons (Fsp3) is 0.391. The van der Waals surface area contributed by atoms with E-state index in [9.17, 15) is 4.79 Å². The fourth-order valence-corrected chi connectivity index (χ4v) is 3.97. The van der Waals surface area contributed by atoms with Crippen LogP contribution in [0.3, 0.4) is 0 Å². The predicted octanol–water partition coefficient (Wildman–Crippen LogP) is 3.83. The molecule has 4 rings (SSSR count). The quantitative estimate of drug-likeness (QED) is 0.680. The molecule has 1 N–H and O–H groups in total. The molecule has 0 unspecified atom stereocenters. The molecule has 1 aliphatic rings. The molecule has 1 fully saturated rings. The van der Waals surface area contributed by atoms with E-state index in [1.54, 1.807) is 6.07 Å². The number of nitrogens with one attached hydrogen (secondary N) is 1. The van der Waals surface area contributed by atoms with Gasteiger partial charge in [-0.3, -0.25) is 9.69 Å². The van der Waals surface area contributed by atoms with Crippen LogP contribution < -0.4 is 5.32 Å². The molecule has 0 bridgehead atoms. The maximum Gasteiger partial charge on any atom is 0.251 e. The van der Waals surface area contributed by atoms with Gasteiger partial charge in [-0.05, 0) is 56.1 Å². The molecule has 0 spiro atoms. The maximum atomic E-state index is 12.6. The first kappa shape index (κ1) is 18.7. The van der Waals surface area contributed by atoms with E-state index in [4.69, 9.17) is 4.42 Å². The van der Waals surface area contributed by atoms with Gasteiger partial charge in [0, 0.05) is 24.6 Å². The minimum atomic E-state index is -0.0490. The number of hydrogen-bond donors (Lipinski definition) is 1. The smallest absolute Gasteiger partial charge is 0.251 e. The molecule has 3 aromatic rings. The monoisotopic (exact) mass is 377 g/mol. The third-order valence-corrected chi connectivity index (χ3v) is 5.57. The second kappa shape index (κ2) is 8.57. The molecule has 28 heavy (non-hydrogen) atoms. The van der Waals surface area contributed by atoms with Crippen molar-refractivity contribution in [3.05, 3.63) is 65.5 Å². The highest BCUT2D eigenvalue weighted by Gasteiger charge is 2.23. The lowest BCUT2D eigenvalue weighted by Gasteiger charge is -2.22. The Kier molecular flexibility index (Phi) is 5.72. The van der Waals surface area contributed by atoms with Crippen LogP contribution in [0.5, 0.6) is 0 Å². The molecule has 1 aromatic heterocycles. The van der Waals surface area contributed by atoms with Crippen LogP contribution in [0.15, 0.2) is 52.9 Å². The van der Waals surface area contributed by atoms with E-state index in [0.717, 1.165) is 37.9 Å². The minimum Gasteiger partial charge on any atom is -0.441 e. The molecule has 5 nitrogen and oxygen atoms in total. The molecule has 0 radical (unpaired) electrons. The van der Waals surface area contributed by atoms with Gasteiger partial charge in [-0.25, -0.2) is 4.98 Å². The van der Waals surface area contributed by atoms with Crippen LogP contribution in [0.2, 0.25) is 0 Å². The van der Waals surface area contributed by atoms with Crippen molar-refractivity contribution in [2.24, 2.45) is 0 Å². The lowest BCUT2D eigenvalue weighted by molar-refractivity contribution is 0.0941. The van der Waals surface area contributed by atoms with E-state index in [-0.39, 0.29) is 5.91 Å². The summed E-state index contributed by atoms with van der Waals surface area (Å²) < 4.78 is 5.89. The van der Waals surface area contributed by atoms with Crippen LogP contribution in [0.1, 0.15) is 41.6 Å². The molecule has 2 aromatic carbocycles. The molecule has 0 aliphatic carbocycles. The molecule has 0 saturated carbocycles. The van der Waals surface area contributed by atoms with Crippen LogP contribution in [0, 0.1) is 0 Å². The van der Waals surface area contributed by atoms with Gasteiger partial charge < -0.3 is 9.73 Å². The summed E-state index contributed by atoms with van der Waals surface area (Å²) in [5.41, 5.74) is 3.36. The van der Waals surface area contributed by atoms with Crippen LogP contribution in [-0.4, -0.2) is 41.5 Å². The summed E-state index contributed by atoms with van der Waals surface area (Å²) in [5.74, 6) is 0.660. The van der Waals surface area contributed by atoms with Crippen LogP contribution in [0.25, 0.3) is 11.1 Å². The summed E-state index contributed by atoms with van der Waals surface area (Å²) >= 11 is 0. The van der Waals surface area contributed by atoms with Gasteiger partial charge in [0.25, 0.3) is 5.91 Å². The van der Waals surface area contributed by atoms with Crippen LogP contribution in [0.4, 0.5) is 0 Å². The first-order valence-corrected chi connectivity index (χ1v) is 10.2. The van der Waals surface area contributed by atoms with Gasteiger partial charge in [0.1, 0.15) is 5.52 Å². The van der Waals surface area contributed by atoms with E-state index in [1.807, 2.05) is 30.3 Å². The first-order chi connectivity index (χ1) is 13.7. The summed E-state index contributed by atoms with van der Waals surface area (Å²) in [6.07, 6.45) is 4.00. The topological polar surface area (TPSA) is 58.4 Å². The number of likely N-dealkylation sites (N-methyl/N-ethyl adjacent to an activating group) is 1. The number of aryl methyl sites for hydroxylation is 2. The van der Waals surface area contributed by atoms with Crippen molar-refractivity contribution in [3.63, 3.8) is 0 Å².